The van der Waals surface area contributed by atoms with Crippen LogP contribution in [0.25, 0.3) is 0 Å². The maximum atomic E-state index is 6.38. The summed E-state index contributed by atoms with van der Waals surface area (Å²) in [5.74, 6) is 0. The Morgan fingerprint density at radius 2 is 1.77 bits per heavy atom. The maximum Gasteiger partial charge on any atom is 0.0727 e. The predicted octanol–water partition coefficient (Wildman–Crippen LogP) is 4.29. The van der Waals surface area contributed by atoms with Crippen LogP contribution in [0, 0.1) is 0 Å². The number of pyridine rings is 1. The number of rotatable bonds is 3. The maximum absolute atomic E-state index is 6.38. The van der Waals surface area contributed by atoms with Crippen molar-refractivity contribution in [1.82, 2.24) is 15.2 Å². The van der Waals surface area contributed by atoms with Crippen LogP contribution in [-0.2, 0) is 0 Å². The molecule has 1 fully saturated rings. The Bertz CT molecular complexity index is 553. The van der Waals surface area contributed by atoms with Crippen LogP contribution in [0.5, 0.6) is 0 Å². The van der Waals surface area contributed by atoms with E-state index in [4.69, 9.17) is 23.2 Å². The van der Waals surface area contributed by atoms with Gasteiger partial charge in [0.05, 0.1) is 16.1 Å². The minimum atomic E-state index is 0. The van der Waals surface area contributed by atoms with Gasteiger partial charge < -0.3 is 5.32 Å². The number of aromatic nitrogens is 1. The van der Waals surface area contributed by atoms with E-state index in [1.54, 1.807) is 23.7 Å². The molecule has 3 nitrogen and oxygen atoms in total. The first-order chi connectivity index (χ1) is 9.77. The van der Waals surface area contributed by atoms with Crippen LogP contribution < -0.4 is 5.32 Å². The number of hydrogen-bond acceptors (Lipinski definition) is 4. The van der Waals surface area contributed by atoms with Crippen LogP contribution >= 0.6 is 59.4 Å². The molecule has 0 aromatic carbocycles. The van der Waals surface area contributed by atoms with Crippen LogP contribution in [0.3, 0.4) is 0 Å². The van der Waals surface area contributed by atoms with Crippen LogP contribution in [-0.4, -0.2) is 36.1 Å². The number of halogens is 4. The molecule has 8 heteroatoms. The molecule has 1 N–H and O–H groups in total. The van der Waals surface area contributed by atoms with Crippen LogP contribution in [0.1, 0.15) is 16.5 Å². The molecule has 0 bridgehead atoms. The Morgan fingerprint density at radius 3 is 2.32 bits per heavy atom. The lowest BCUT2D eigenvalue weighted by molar-refractivity contribution is 0.201. The van der Waals surface area contributed by atoms with Crippen LogP contribution in [0.2, 0.25) is 10.0 Å². The standard InChI is InChI=1S/C14H15Cl2N3S.2ClH/c15-10-8-18-9-11(16)13(10)14(12-2-1-7-20-12)19-5-3-17-4-6-19;;/h1-2,7-9,14,17H,3-6H2;2*1H/t14-;;/m1../s1. The van der Waals surface area contributed by atoms with Gasteiger partial charge in [-0.25, -0.2) is 0 Å². The average Bonchev–Trinajstić information content (AvgIpc) is 2.98. The SMILES string of the molecule is Cl.Cl.Clc1cncc(Cl)c1[C@@H](c1cccs1)N1CCNCC1. The summed E-state index contributed by atoms with van der Waals surface area (Å²) in [5.41, 5.74) is 0.965. The van der Waals surface area contributed by atoms with E-state index in [-0.39, 0.29) is 30.9 Å². The van der Waals surface area contributed by atoms with Gasteiger partial charge in [-0.15, -0.1) is 36.2 Å². The molecule has 122 valence electrons. The zero-order valence-corrected chi connectivity index (χ0v) is 15.6. The Morgan fingerprint density at radius 1 is 1.14 bits per heavy atom. The van der Waals surface area contributed by atoms with Crippen molar-refractivity contribution in [2.75, 3.05) is 26.2 Å². The van der Waals surface area contributed by atoms with Gasteiger partial charge >= 0.3 is 0 Å². The van der Waals surface area contributed by atoms with Crippen molar-refractivity contribution in [2.24, 2.45) is 0 Å². The van der Waals surface area contributed by atoms with Crippen LogP contribution in [0.4, 0.5) is 0 Å². The van der Waals surface area contributed by atoms with Gasteiger partial charge in [0, 0.05) is 49.0 Å². The number of hydrogen-bond donors (Lipinski definition) is 1. The van der Waals surface area contributed by atoms with Crippen molar-refractivity contribution in [1.29, 1.82) is 0 Å². The van der Waals surface area contributed by atoms with Gasteiger partial charge in [-0.1, -0.05) is 29.3 Å². The van der Waals surface area contributed by atoms with E-state index in [0.29, 0.717) is 10.0 Å². The minimum Gasteiger partial charge on any atom is -0.314 e. The highest BCUT2D eigenvalue weighted by molar-refractivity contribution is 7.10. The van der Waals surface area contributed by atoms with Crippen molar-refractivity contribution in [2.45, 2.75) is 6.04 Å². The first kappa shape index (κ1) is 20.0. The molecule has 1 aliphatic heterocycles. The first-order valence-corrected chi connectivity index (χ1v) is 8.18. The monoisotopic (exact) mass is 399 g/mol. The summed E-state index contributed by atoms with van der Waals surface area (Å²) in [6.07, 6.45) is 3.34. The molecular formula is C14H17Cl4N3S. The van der Waals surface area contributed by atoms with E-state index >= 15 is 0 Å². The molecule has 0 spiro atoms. The van der Waals surface area contributed by atoms with Crippen molar-refractivity contribution in [3.8, 4) is 0 Å². The molecule has 1 atom stereocenters. The number of nitrogens with zero attached hydrogens (tertiary/aromatic N) is 2. The molecule has 3 rings (SSSR count). The highest BCUT2D eigenvalue weighted by Crippen LogP contribution is 2.39. The third-order valence-electron chi connectivity index (χ3n) is 3.49. The Hall–Kier alpha value is -0.0700. The Labute approximate surface area is 156 Å². The van der Waals surface area contributed by atoms with Crippen molar-refractivity contribution < 1.29 is 0 Å². The molecule has 2 aromatic rings. The topological polar surface area (TPSA) is 28.2 Å². The van der Waals surface area contributed by atoms with E-state index in [2.05, 4.69) is 32.7 Å². The summed E-state index contributed by atoms with van der Waals surface area (Å²) in [4.78, 5) is 7.75. The van der Waals surface area contributed by atoms with Gasteiger partial charge in [-0.3, -0.25) is 9.88 Å². The minimum absolute atomic E-state index is 0. The molecule has 1 saturated heterocycles. The molecule has 2 aromatic heterocycles. The van der Waals surface area contributed by atoms with Gasteiger partial charge in [0.15, 0.2) is 0 Å². The highest BCUT2D eigenvalue weighted by Gasteiger charge is 2.28. The Kier molecular flexibility index (Phi) is 8.43. The largest absolute Gasteiger partial charge is 0.314 e. The third kappa shape index (κ3) is 4.26. The zero-order valence-electron chi connectivity index (χ0n) is 11.7. The summed E-state index contributed by atoms with van der Waals surface area (Å²) in [7, 11) is 0. The molecule has 3 heterocycles. The fourth-order valence-electron chi connectivity index (χ4n) is 2.57. The lowest BCUT2D eigenvalue weighted by Crippen LogP contribution is -2.45. The van der Waals surface area contributed by atoms with Crippen LogP contribution in [0.15, 0.2) is 29.9 Å². The summed E-state index contributed by atoms with van der Waals surface area (Å²) in [6.45, 7) is 3.94. The second-order valence-electron chi connectivity index (χ2n) is 4.72. The van der Waals surface area contributed by atoms with E-state index < -0.39 is 0 Å². The molecule has 1 aliphatic rings. The fourth-order valence-corrected chi connectivity index (χ4v) is 4.01. The molecule has 0 aliphatic carbocycles. The first-order valence-electron chi connectivity index (χ1n) is 6.54. The van der Waals surface area contributed by atoms with Crippen molar-refractivity contribution >= 4 is 59.4 Å². The smallest absolute Gasteiger partial charge is 0.0727 e. The second-order valence-corrected chi connectivity index (χ2v) is 6.51. The molecule has 0 amide bonds. The van der Waals surface area contributed by atoms with E-state index in [1.807, 2.05) is 0 Å². The van der Waals surface area contributed by atoms with E-state index in [9.17, 15) is 0 Å². The van der Waals surface area contributed by atoms with Gasteiger partial charge in [-0.2, -0.15) is 0 Å². The fraction of sp³-hybridized carbons (Fsp3) is 0.357. The lowest BCUT2D eigenvalue weighted by atomic mass is 10.0. The summed E-state index contributed by atoms with van der Waals surface area (Å²) < 4.78 is 0. The number of thiophene rings is 1. The lowest BCUT2D eigenvalue weighted by Gasteiger charge is -2.35. The van der Waals surface area contributed by atoms with Crippen molar-refractivity contribution in [3.05, 3.63) is 50.4 Å². The molecule has 0 radical (unpaired) electrons. The van der Waals surface area contributed by atoms with Gasteiger partial charge in [-0.05, 0) is 11.4 Å². The summed E-state index contributed by atoms with van der Waals surface area (Å²) in [6, 6.07) is 4.32. The van der Waals surface area contributed by atoms with Crippen molar-refractivity contribution in [3.63, 3.8) is 0 Å². The highest BCUT2D eigenvalue weighted by atomic mass is 35.5. The molecular weight excluding hydrogens is 384 g/mol. The second kappa shape index (κ2) is 9.28. The molecule has 22 heavy (non-hydrogen) atoms. The zero-order chi connectivity index (χ0) is 13.9. The third-order valence-corrected chi connectivity index (χ3v) is 5.02. The summed E-state index contributed by atoms with van der Waals surface area (Å²) in [5, 5.41) is 6.74. The van der Waals surface area contributed by atoms with E-state index in [0.717, 1.165) is 31.7 Å². The van der Waals surface area contributed by atoms with E-state index in [1.165, 1.54) is 4.88 Å². The van der Waals surface area contributed by atoms with Gasteiger partial charge in [0.25, 0.3) is 0 Å². The Balaban J connectivity index is 0.00000121. The number of piperazine rings is 1. The normalized spacial score (nSPS) is 16.5. The van der Waals surface area contributed by atoms with Gasteiger partial charge in [0.1, 0.15) is 0 Å². The number of nitrogens with one attached hydrogen (secondary N) is 1. The van der Waals surface area contributed by atoms with Gasteiger partial charge in [0.2, 0.25) is 0 Å². The molecule has 0 saturated carbocycles. The average molecular weight is 401 g/mol. The quantitative estimate of drug-likeness (QED) is 0.832. The summed E-state index contributed by atoms with van der Waals surface area (Å²) >= 11 is 14.5. The predicted molar refractivity (Wildman–Crippen MR) is 99.4 cm³/mol. The molecule has 0 unspecified atom stereocenters.